The molecule has 0 heterocycles. The van der Waals surface area contributed by atoms with Gasteiger partial charge in [-0.05, 0) is 72.4 Å². The van der Waals surface area contributed by atoms with Crippen molar-refractivity contribution in [2.24, 2.45) is 0 Å². The van der Waals surface area contributed by atoms with Crippen molar-refractivity contribution in [2.75, 3.05) is 0 Å². The molecular weight excluding hydrogens is 445 g/mol. The summed E-state index contributed by atoms with van der Waals surface area (Å²) >= 11 is 0.402. The molecule has 0 fully saturated rings. The number of nitrogens with zero attached hydrogens (tertiary/aromatic N) is 1. The van der Waals surface area contributed by atoms with Gasteiger partial charge in [0.05, 0.1) is 4.90 Å². The number of rotatable bonds is 2. The molecule has 0 saturated carbocycles. The Morgan fingerprint density at radius 2 is 1.09 bits per heavy atom. The molecule has 0 bridgehead atoms. The summed E-state index contributed by atoms with van der Waals surface area (Å²) in [5.74, 6) is 9.10. The van der Waals surface area contributed by atoms with Crippen molar-refractivity contribution in [1.82, 2.24) is 0 Å². The van der Waals surface area contributed by atoms with Crippen LogP contribution in [0.3, 0.4) is 0 Å². The van der Waals surface area contributed by atoms with Gasteiger partial charge in [-0.2, -0.15) is 5.26 Å². The summed E-state index contributed by atoms with van der Waals surface area (Å²) in [4.78, 5) is -0.372. The van der Waals surface area contributed by atoms with E-state index in [2.05, 4.69) is 28.4 Å². The monoisotopic (exact) mass is 455 g/mol. The average Bonchev–Trinajstić information content (AvgIpc) is 2.74. The van der Waals surface area contributed by atoms with Gasteiger partial charge in [-0.3, -0.25) is 0 Å². The van der Waals surface area contributed by atoms with Crippen LogP contribution >= 0.6 is 11.8 Å². The van der Waals surface area contributed by atoms with Gasteiger partial charge in [0.15, 0.2) is 0 Å². The summed E-state index contributed by atoms with van der Waals surface area (Å²) in [6.07, 6.45) is -4.75. The molecule has 32 heavy (non-hydrogen) atoms. The van der Waals surface area contributed by atoms with E-state index in [0.717, 1.165) is 12.1 Å². The molecular formula is C24H10F5NOS. The third kappa shape index (κ3) is 6.54. The molecule has 0 aromatic heterocycles. The van der Waals surface area contributed by atoms with Crippen LogP contribution in [-0.2, 0) is 0 Å². The number of hydrogen-bond acceptors (Lipinski definition) is 3. The highest BCUT2D eigenvalue weighted by Gasteiger charge is 2.30. The first-order valence-electron chi connectivity index (χ1n) is 8.78. The molecule has 2 nitrogen and oxygen atoms in total. The minimum Gasteiger partial charge on any atom is -0.406 e. The van der Waals surface area contributed by atoms with Crippen LogP contribution < -0.4 is 4.74 Å². The summed E-state index contributed by atoms with van der Waals surface area (Å²) in [7, 11) is 0. The number of nitriles is 1. The van der Waals surface area contributed by atoms with Crippen LogP contribution in [0.15, 0.2) is 65.6 Å². The molecule has 3 aromatic carbocycles. The Kier molecular flexibility index (Phi) is 7.05. The Morgan fingerprint density at radius 3 is 1.50 bits per heavy atom. The van der Waals surface area contributed by atoms with Gasteiger partial charge >= 0.3 is 6.36 Å². The fraction of sp³-hybridized carbons (Fsp3) is 0.0417. The predicted molar refractivity (Wildman–Crippen MR) is 109 cm³/mol. The fourth-order valence-electron chi connectivity index (χ4n) is 2.44. The maximum atomic E-state index is 13.8. The predicted octanol–water partition coefficient (Wildman–Crippen LogP) is 6.24. The molecule has 0 amide bonds. The highest BCUT2D eigenvalue weighted by Crippen LogP contribution is 2.25. The molecule has 8 heteroatoms. The highest BCUT2D eigenvalue weighted by atomic mass is 32.2. The first-order valence-corrected chi connectivity index (χ1v) is 9.60. The molecule has 0 aliphatic carbocycles. The number of ether oxygens (including phenoxy) is 1. The van der Waals surface area contributed by atoms with Crippen LogP contribution in [0.4, 0.5) is 22.0 Å². The lowest BCUT2D eigenvalue weighted by Gasteiger charge is -2.07. The number of halogens is 5. The molecule has 0 saturated heterocycles. The van der Waals surface area contributed by atoms with Crippen LogP contribution in [0.1, 0.15) is 22.3 Å². The molecule has 3 aromatic rings. The molecule has 0 aliphatic heterocycles. The van der Waals surface area contributed by atoms with Gasteiger partial charge < -0.3 is 4.74 Å². The molecule has 158 valence electrons. The maximum absolute atomic E-state index is 13.8. The summed E-state index contributed by atoms with van der Waals surface area (Å²) in [6.45, 7) is 0. The number of alkyl halides is 3. The van der Waals surface area contributed by atoms with E-state index in [4.69, 9.17) is 5.26 Å². The number of thiocyanates is 1. The van der Waals surface area contributed by atoms with E-state index >= 15 is 0 Å². The largest absolute Gasteiger partial charge is 0.573 e. The van der Waals surface area contributed by atoms with Crippen molar-refractivity contribution < 1.29 is 26.7 Å². The van der Waals surface area contributed by atoms with Crippen LogP contribution in [0.5, 0.6) is 5.75 Å². The molecule has 0 radical (unpaired) electrons. The summed E-state index contributed by atoms with van der Waals surface area (Å²) < 4.78 is 68.0. The van der Waals surface area contributed by atoms with E-state index in [0.29, 0.717) is 28.5 Å². The Morgan fingerprint density at radius 1 is 0.688 bits per heavy atom. The van der Waals surface area contributed by atoms with Crippen LogP contribution in [0.25, 0.3) is 0 Å². The topological polar surface area (TPSA) is 33.0 Å². The SMILES string of the molecule is N#CSc1c(F)cc(C#Cc2ccc(C#Cc3ccc(OC(F)(F)F)cc3)cc2)cc1F. The van der Waals surface area contributed by atoms with Crippen molar-refractivity contribution in [3.63, 3.8) is 0 Å². The summed E-state index contributed by atoms with van der Waals surface area (Å²) in [5.41, 5.74) is 1.86. The quantitative estimate of drug-likeness (QED) is 0.199. The van der Waals surface area contributed by atoms with Gasteiger partial charge in [-0.1, -0.05) is 23.7 Å². The lowest BCUT2D eigenvalue weighted by Crippen LogP contribution is -2.16. The van der Waals surface area contributed by atoms with Crippen molar-refractivity contribution in [1.29, 1.82) is 5.26 Å². The first kappa shape index (κ1) is 22.7. The van der Waals surface area contributed by atoms with E-state index in [1.54, 1.807) is 29.7 Å². The van der Waals surface area contributed by atoms with E-state index in [1.807, 2.05) is 0 Å². The van der Waals surface area contributed by atoms with E-state index in [-0.39, 0.29) is 16.2 Å². The number of benzene rings is 3. The van der Waals surface area contributed by atoms with Crippen LogP contribution in [0, 0.1) is 46.0 Å². The molecule has 0 N–H and O–H groups in total. The average molecular weight is 455 g/mol. The van der Waals surface area contributed by atoms with Gasteiger partial charge in [0, 0.05) is 22.3 Å². The van der Waals surface area contributed by atoms with Crippen molar-refractivity contribution in [3.8, 4) is 34.8 Å². The zero-order valence-corrected chi connectivity index (χ0v) is 16.7. The molecule has 0 unspecified atom stereocenters. The highest BCUT2D eigenvalue weighted by molar-refractivity contribution is 8.03. The number of hydrogen-bond donors (Lipinski definition) is 0. The van der Waals surface area contributed by atoms with Crippen LogP contribution in [0.2, 0.25) is 0 Å². The molecule has 0 aliphatic rings. The maximum Gasteiger partial charge on any atom is 0.573 e. The minimum atomic E-state index is -4.75. The second kappa shape index (κ2) is 9.92. The fourth-order valence-corrected chi connectivity index (χ4v) is 2.84. The molecule has 0 spiro atoms. The van der Waals surface area contributed by atoms with E-state index < -0.39 is 18.0 Å². The van der Waals surface area contributed by atoms with Gasteiger partial charge in [-0.15, -0.1) is 13.2 Å². The van der Waals surface area contributed by atoms with Crippen LogP contribution in [-0.4, -0.2) is 6.36 Å². The Balaban J connectivity index is 1.69. The summed E-state index contributed by atoms with van der Waals surface area (Å²) in [5, 5.41) is 10.2. The van der Waals surface area contributed by atoms with Gasteiger partial charge in [0.1, 0.15) is 22.8 Å². The van der Waals surface area contributed by atoms with Crippen molar-refractivity contribution in [2.45, 2.75) is 11.3 Å². The van der Waals surface area contributed by atoms with Gasteiger partial charge in [-0.25, -0.2) is 8.78 Å². The summed E-state index contributed by atoms with van der Waals surface area (Å²) in [6, 6.07) is 14.0. The van der Waals surface area contributed by atoms with Crippen molar-refractivity contribution >= 4 is 11.8 Å². The van der Waals surface area contributed by atoms with E-state index in [9.17, 15) is 22.0 Å². The molecule has 3 rings (SSSR count). The second-order valence-corrected chi connectivity index (χ2v) is 6.91. The third-order valence-corrected chi connectivity index (χ3v) is 4.51. The van der Waals surface area contributed by atoms with E-state index in [1.165, 1.54) is 24.3 Å². The zero-order valence-electron chi connectivity index (χ0n) is 15.9. The van der Waals surface area contributed by atoms with Gasteiger partial charge in [0.2, 0.25) is 0 Å². The Labute approximate surface area is 184 Å². The van der Waals surface area contributed by atoms with Crippen molar-refractivity contribution in [3.05, 3.63) is 94.6 Å². The lowest BCUT2D eigenvalue weighted by molar-refractivity contribution is -0.274. The normalized spacial score (nSPS) is 10.2. The Hall–Kier alpha value is -3.93. The van der Waals surface area contributed by atoms with Gasteiger partial charge in [0.25, 0.3) is 0 Å². The third-order valence-electron chi connectivity index (χ3n) is 3.82. The minimum absolute atomic E-state index is 0.129. The lowest BCUT2D eigenvalue weighted by atomic mass is 10.1. The molecule has 0 atom stereocenters. The second-order valence-electron chi connectivity index (χ2n) is 6.11. The standard InChI is InChI=1S/C24H10F5NOS/c25-21-13-19(14-22(26)23(21)32-15-30)8-7-17-3-1-16(2-4-17)5-6-18-9-11-20(12-10-18)31-24(27,28)29/h1-4,9-14H. The zero-order chi connectivity index (χ0) is 23.1. The first-order chi connectivity index (χ1) is 15.2. The Bertz CT molecular complexity index is 1260. The smallest absolute Gasteiger partial charge is 0.406 e. The number of thioether (sulfide) groups is 1.